The van der Waals surface area contributed by atoms with E-state index < -0.39 is 0 Å². The van der Waals surface area contributed by atoms with Crippen LogP contribution in [0.15, 0.2) is 12.1 Å². The zero-order valence-corrected chi connectivity index (χ0v) is 6.66. The molecule has 0 nitrogen and oxygen atoms in total. The predicted molar refractivity (Wildman–Crippen MR) is 42.2 cm³/mol. The molecule has 0 heterocycles. The number of hydrogen-bond acceptors (Lipinski definition) is 0. The van der Waals surface area contributed by atoms with E-state index in [9.17, 15) is 4.39 Å². The van der Waals surface area contributed by atoms with Gasteiger partial charge in [-0.15, -0.1) is 0 Å². The molecule has 0 amide bonds. The Morgan fingerprint density at radius 1 is 1.45 bits per heavy atom. The topological polar surface area (TPSA) is 0 Å². The lowest BCUT2D eigenvalue weighted by atomic mass is 10.1. The van der Waals surface area contributed by atoms with Crippen LogP contribution in [0.2, 0.25) is 5.02 Å². The summed E-state index contributed by atoms with van der Waals surface area (Å²) >= 11 is 5.66. The van der Waals surface area contributed by atoms with Crippen LogP contribution in [0.5, 0.6) is 0 Å². The zero-order valence-electron chi connectivity index (χ0n) is 5.90. The van der Waals surface area contributed by atoms with Crippen LogP contribution in [0.3, 0.4) is 0 Å². The van der Waals surface area contributed by atoms with Crippen molar-refractivity contribution in [3.8, 4) is 0 Å². The van der Waals surface area contributed by atoms with E-state index in [1.165, 1.54) is 6.07 Å². The lowest BCUT2D eigenvalue weighted by Gasteiger charge is -1.97. The van der Waals surface area contributed by atoms with Gasteiger partial charge in [0.2, 0.25) is 0 Å². The molecule has 1 aromatic rings. The summed E-state index contributed by atoms with van der Waals surface area (Å²) in [5, 5.41) is 0.475. The van der Waals surface area contributed by atoms with Gasteiger partial charge in [-0.1, -0.05) is 11.6 Å². The van der Waals surface area contributed by atoms with Crippen molar-refractivity contribution < 1.29 is 4.39 Å². The van der Waals surface area contributed by atoms with E-state index in [1.807, 2.05) is 0 Å². The van der Waals surface area contributed by atoms with Gasteiger partial charge >= 0.3 is 0 Å². The van der Waals surface area contributed by atoms with Gasteiger partial charge in [0, 0.05) is 11.1 Å². The summed E-state index contributed by atoms with van der Waals surface area (Å²) in [5.41, 5.74) is 0.926. The van der Waals surface area contributed by atoms with Crippen molar-refractivity contribution in [2.45, 2.75) is 18.8 Å². The maximum atomic E-state index is 12.7. The smallest absolute Gasteiger partial charge is 0.132 e. The summed E-state index contributed by atoms with van der Waals surface area (Å²) in [4.78, 5) is 0. The summed E-state index contributed by atoms with van der Waals surface area (Å²) in [7, 11) is 0. The molecule has 2 rings (SSSR count). The minimum absolute atomic E-state index is 0.348. The highest BCUT2D eigenvalue weighted by Gasteiger charge is 2.24. The van der Waals surface area contributed by atoms with Crippen LogP contribution in [-0.2, 0) is 0 Å². The molecular weight excluding hydrogens is 163 g/mol. The second-order valence-electron chi connectivity index (χ2n) is 2.88. The first-order valence-electron chi connectivity index (χ1n) is 3.64. The van der Waals surface area contributed by atoms with E-state index in [2.05, 4.69) is 6.07 Å². The Balaban J connectivity index is 2.39. The highest BCUT2D eigenvalue weighted by molar-refractivity contribution is 6.30. The molecule has 0 unspecified atom stereocenters. The Hall–Kier alpha value is -0.560. The Labute approximate surface area is 70.0 Å². The standard InChI is InChI=1S/C9H7ClF/c10-8-3-7(6-1-2-6)4-9(11)5-8/h3,5-6H,1-2H2. The van der Waals surface area contributed by atoms with Crippen molar-refractivity contribution >= 4 is 11.6 Å². The van der Waals surface area contributed by atoms with Crippen LogP contribution in [0.25, 0.3) is 0 Å². The molecule has 1 aliphatic rings. The summed E-state index contributed by atoms with van der Waals surface area (Å²) in [6.45, 7) is 0. The number of halogens is 2. The normalized spacial score (nSPS) is 16.9. The fourth-order valence-corrected chi connectivity index (χ4v) is 1.35. The Morgan fingerprint density at radius 3 is 2.73 bits per heavy atom. The van der Waals surface area contributed by atoms with Crippen molar-refractivity contribution in [2.24, 2.45) is 0 Å². The molecule has 0 aliphatic heterocycles. The fourth-order valence-electron chi connectivity index (χ4n) is 1.14. The van der Waals surface area contributed by atoms with Gasteiger partial charge in [0.05, 0.1) is 0 Å². The van der Waals surface area contributed by atoms with E-state index in [-0.39, 0.29) is 5.82 Å². The monoisotopic (exact) mass is 169 g/mol. The van der Waals surface area contributed by atoms with Crippen molar-refractivity contribution in [2.75, 3.05) is 0 Å². The predicted octanol–water partition coefficient (Wildman–Crippen LogP) is 3.16. The summed E-state index contributed by atoms with van der Waals surface area (Å²) in [5.74, 6) is 0.169. The molecule has 0 N–H and O–H groups in total. The number of benzene rings is 1. The lowest BCUT2D eigenvalue weighted by Crippen LogP contribution is -1.82. The SMILES string of the molecule is Fc1[c]c(C2CC2)cc(Cl)c1. The third kappa shape index (κ3) is 1.54. The summed E-state index contributed by atoms with van der Waals surface area (Å²) < 4.78 is 12.7. The molecule has 0 spiro atoms. The Bertz CT molecular complexity index is 259. The molecule has 0 saturated heterocycles. The number of rotatable bonds is 1. The molecule has 1 saturated carbocycles. The van der Waals surface area contributed by atoms with Crippen molar-refractivity contribution in [1.29, 1.82) is 0 Å². The number of hydrogen-bond donors (Lipinski definition) is 0. The van der Waals surface area contributed by atoms with Gasteiger partial charge in [0.25, 0.3) is 0 Å². The molecule has 0 aromatic heterocycles. The average molecular weight is 170 g/mol. The summed E-state index contributed by atoms with van der Waals surface area (Å²) in [6.07, 6.45) is 2.30. The molecule has 0 bridgehead atoms. The van der Waals surface area contributed by atoms with Gasteiger partial charge in [-0.05, 0) is 36.5 Å². The first-order chi connectivity index (χ1) is 5.25. The molecule has 1 fully saturated rings. The molecule has 1 aromatic carbocycles. The molecule has 57 valence electrons. The van der Waals surface area contributed by atoms with E-state index in [0.717, 1.165) is 18.4 Å². The lowest BCUT2D eigenvalue weighted by molar-refractivity contribution is 0.623. The van der Waals surface area contributed by atoms with Crippen LogP contribution in [0, 0.1) is 11.9 Å². The highest BCUT2D eigenvalue weighted by Crippen LogP contribution is 2.40. The van der Waals surface area contributed by atoms with Gasteiger partial charge in [-0.25, -0.2) is 4.39 Å². The minimum Gasteiger partial charge on any atom is -0.206 e. The van der Waals surface area contributed by atoms with Crippen LogP contribution in [0.1, 0.15) is 24.3 Å². The van der Waals surface area contributed by atoms with Crippen LogP contribution < -0.4 is 0 Å². The van der Waals surface area contributed by atoms with E-state index in [1.54, 1.807) is 6.07 Å². The molecular formula is C9H7ClF. The average Bonchev–Trinajstić information content (AvgIpc) is 2.64. The zero-order chi connectivity index (χ0) is 7.84. The highest BCUT2D eigenvalue weighted by atomic mass is 35.5. The van der Waals surface area contributed by atoms with E-state index >= 15 is 0 Å². The maximum absolute atomic E-state index is 12.7. The summed E-state index contributed by atoms with van der Waals surface area (Å²) in [6, 6.07) is 5.74. The molecule has 1 aliphatic carbocycles. The second kappa shape index (κ2) is 2.49. The van der Waals surface area contributed by atoms with Crippen LogP contribution >= 0.6 is 11.6 Å². The first kappa shape index (κ1) is 7.11. The molecule has 11 heavy (non-hydrogen) atoms. The third-order valence-corrected chi connectivity index (χ3v) is 2.06. The fraction of sp³-hybridized carbons (Fsp3) is 0.333. The van der Waals surface area contributed by atoms with Crippen LogP contribution in [0.4, 0.5) is 4.39 Å². The Kier molecular flexibility index (Phi) is 1.61. The van der Waals surface area contributed by atoms with Crippen molar-refractivity contribution in [3.63, 3.8) is 0 Å². The van der Waals surface area contributed by atoms with Crippen molar-refractivity contribution in [3.05, 3.63) is 34.6 Å². The molecule has 0 atom stereocenters. The van der Waals surface area contributed by atoms with Gasteiger partial charge in [-0.2, -0.15) is 0 Å². The van der Waals surface area contributed by atoms with Gasteiger partial charge in [0.1, 0.15) is 5.82 Å². The minimum atomic E-state index is -0.348. The van der Waals surface area contributed by atoms with E-state index in [0.29, 0.717) is 10.9 Å². The van der Waals surface area contributed by atoms with Gasteiger partial charge in [-0.3, -0.25) is 0 Å². The Morgan fingerprint density at radius 2 is 2.18 bits per heavy atom. The second-order valence-corrected chi connectivity index (χ2v) is 3.31. The third-order valence-electron chi connectivity index (χ3n) is 1.84. The van der Waals surface area contributed by atoms with Crippen LogP contribution in [-0.4, -0.2) is 0 Å². The molecule has 2 heteroatoms. The first-order valence-corrected chi connectivity index (χ1v) is 4.02. The molecule has 1 radical (unpaired) electrons. The van der Waals surface area contributed by atoms with Gasteiger partial charge in [0.15, 0.2) is 0 Å². The van der Waals surface area contributed by atoms with E-state index in [4.69, 9.17) is 11.6 Å². The quantitative estimate of drug-likeness (QED) is 0.606. The largest absolute Gasteiger partial charge is 0.206 e. The van der Waals surface area contributed by atoms with Crippen molar-refractivity contribution in [1.82, 2.24) is 0 Å². The van der Waals surface area contributed by atoms with Gasteiger partial charge < -0.3 is 0 Å². The maximum Gasteiger partial charge on any atom is 0.132 e.